The highest BCUT2D eigenvalue weighted by atomic mass is 35.5. The molecular formula is C15H10ClNO. The third-order valence-electron chi connectivity index (χ3n) is 2.62. The molecule has 0 unspecified atom stereocenters. The molecule has 0 spiro atoms. The fourth-order valence-corrected chi connectivity index (χ4v) is 1.96. The lowest BCUT2D eigenvalue weighted by molar-refractivity contribution is 0.488. The number of hydrogen-bond donors (Lipinski definition) is 0. The second-order valence-electron chi connectivity index (χ2n) is 3.89. The van der Waals surface area contributed by atoms with Gasteiger partial charge in [0, 0.05) is 11.6 Å². The van der Waals surface area contributed by atoms with Gasteiger partial charge < -0.3 is 4.74 Å². The summed E-state index contributed by atoms with van der Waals surface area (Å²) < 4.78 is 5.85. The summed E-state index contributed by atoms with van der Waals surface area (Å²) in [6, 6.07) is 17.3. The van der Waals surface area contributed by atoms with Gasteiger partial charge in [0.05, 0.1) is 10.5 Å². The number of rotatable bonds is 2. The number of aromatic nitrogens is 1. The highest BCUT2D eigenvalue weighted by Gasteiger charge is 2.04. The van der Waals surface area contributed by atoms with Gasteiger partial charge in [-0.25, -0.2) is 0 Å². The summed E-state index contributed by atoms with van der Waals surface area (Å²) >= 11 is 5.98. The predicted octanol–water partition coefficient (Wildman–Crippen LogP) is 4.68. The van der Waals surface area contributed by atoms with Gasteiger partial charge in [-0.2, -0.15) is 0 Å². The van der Waals surface area contributed by atoms with Crippen LogP contribution in [0.3, 0.4) is 0 Å². The molecule has 1 heterocycles. The first kappa shape index (κ1) is 11.1. The standard InChI is InChI=1S/C15H10ClNO/c16-11-9-13-14(17-10-11)7-4-8-15(13)18-12-5-2-1-3-6-12/h1-10H. The molecule has 0 saturated heterocycles. The Morgan fingerprint density at radius 3 is 2.61 bits per heavy atom. The molecule has 0 N–H and O–H groups in total. The Balaban J connectivity index is 2.09. The first-order valence-electron chi connectivity index (χ1n) is 5.60. The Labute approximate surface area is 110 Å². The van der Waals surface area contributed by atoms with Crippen molar-refractivity contribution in [3.63, 3.8) is 0 Å². The fraction of sp³-hybridized carbons (Fsp3) is 0. The van der Waals surface area contributed by atoms with Gasteiger partial charge in [-0.1, -0.05) is 35.9 Å². The van der Waals surface area contributed by atoms with E-state index in [9.17, 15) is 0 Å². The van der Waals surface area contributed by atoms with Crippen molar-refractivity contribution in [1.82, 2.24) is 4.98 Å². The van der Waals surface area contributed by atoms with Crippen LogP contribution in [-0.4, -0.2) is 4.98 Å². The van der Waals surface area contributed by atoms with Gasteiger partial charge in [0.2, 0.25) is 0 Å². The number of para-hydroxylation sites is 1. The lowest BCUT2D eigenvalue weighted by Gasteiger charge is -2.08. The third kappa shape index (κ3) is 2.15. The molecule has 0 atom stereocenters. The summed E-state index contributed by atoms with van der Waals surface area (Å²) in [5.74, 6) is 1.55. The molecule has 0 bridgehead atoms. The fourth-order valence-electron chi connectivity index (χ4n) is 1.80. The molecular weight excluding hydrogens is 246 g/mol. The topological polar surface area (TPSA) is 22.1 Å². The summed E-state index contributed by atoms with van der Waals surface area (Å²) in [6.07, 6.45) is 1.64. The van der Waals surface area contributed by atoms with E-state index in [1.54, 1.807) is 6.20 Å². The van der Waals surface area contributed by atoms with E-state index in [0.29, 0.717) is 5.02 Å². The van der Waals surface area contributed by atoms with Crippen LogP contribution in [-0.2, 0) is 0 Å². The SMILES string of the molecule is Clc1cnc2cccc(Oc3ccccc3)c2c1. The number of ether oxygens (including phenoxy) is 1. The summed E-state index contributed by atoms with van der Waals surface area (Å²) in [4.78, 5) is 4.27. The molecule has 1 aromatic heterocycles. The molecule has 0 radical (unpaired) electrons. The molecule has 3 rings (SSSR count). The molecule has 0 fully saturated rings. The molecule has 3 aromatic rings. The normalized spacial score (nSPS) is 10.5. The zero-order valence-corrected chi connectivity index (χ0v) is 10.3. The molecule has 2 aromatic carbocycles. The lowest BCUT2D eigenvalue weighted by atomic mass is 10.2. The van der Waals surface area contributed by atoms with Crippen molar-refractivity contribution in [2.45, 2.75) is 0 Å². The lowest BCUT2D eigenvalue weighted by Crippen LogP contribution is -1.87. The minimum atomic E-state index is 0.603. The highest BCUT2D eigenvalue weighted by molar-refractivity contribution is 6.31. The third-order valence-corrected chi connectivity index (χ3v) is 2.83. The molecule has 18 heavy (non-hydrogen) atoms. The van der Waals surface area contributed by atoms with E-state index in [0.717, 1.165) is 22.4 Å². The van der Waals surface area contributed by atoms with Crippen molar-refractivity contribution in [2.24, 2.45) is 0 Å². The van der Waals surface area contributed by atoms with Gasteiger partial charge in [0.1, 0.15) is 11.5 Å². The van der Waals surface area contributed by atoms with E-state index in [4.69, 9.17) is 16.3 Å². The van der Waals surface area contributed by atoms with Crippen molar-refractivity contribution < 1.29 is 4.74 Å². The van der Waals surface area contributed by atoms with Crippen molar-refractivity contribution in [3.05, 3.63) is 65.8 Å². The number of pyridine rings is 1. The molecule has 3 heteroatoms. The Morgan fingerprint density at radius 2 is 1.78 bits per heavy atom. The summed E-state index contributed by atoms with van der Waals surface area (Å²) in [7, 11) is 0. The molecule has 0 amide bonds. The van der Waals surface area contributed by atoms with Gasteiger partial charge in [0.15, 0.2) is 0 Å². The number of benzene rings is 2. The van der Waals surface area contributed by atoms with Crippen LogP contribution in [0, 0.1) is 0 Å². The molecule has 0 aliphatic rings. The smallest absolute Gasteiger partial charge is 0.136 e. The summed E-state index contributed by atoms with van der Waals surface area (Å²) in [6.45, 7) is 0. The van der Waals surface area contributed by atoms with Crippen LogP contribution in [0.25, 0.3) is 10.9 Å². The second-order valence-corrected chi connectivity index (χ2v) is 4.33. The van der Waals surface area contributed by atoms with E-state index in [-0.39, 0.29) is 0 Å². The summed E-state index contributed by atoms with van der Waals surface area (Å²) in [5.41, 5.74) is 0.868. The zero-order valence-electron chi connectivity index (χ0n) is 9.51. The van der Waals surface area contributed by atoms with Gasteiger partial charge >= 0.3 is 0 Å². The van der Waals surface area contributed by atoms with Crippen molar-refractivity contribution >= 4 is 22.5 Å². The van der Waals surface area contributed by atoms with Crippen molar-refractivity contribution in [1.29, 1.82) is 0 Å². The first-order chi connectivity index (χ1) is 8.83. The van der Waals surface area contributed by atoms with E-state index >= 15 is 0 Å². The van der Waals surface area contributed by atoms with E-state index in [1.807, 2.05) is 54.6 Å². The van der Waals surface area contributed by atoms with Crippen molar-refractivity contribution in [3.8, 4) is 11.5 Å². The van der Waals surface area contributed by atoms with Gasteiger partial charge in [0.25, 0.3) is 0 Å². The number of halogens is 1. The highest BCUT2D eigenvalue weighted by Crippen LogP contribution is 2.30. The Morgan fingerprint density at radius 1 is 0.944 bits per heavy atom. The minimum Gasteiger partial charge on any atom is -0.457 e. The Bertz CT molecular complexity index is 682. The molecule has 0 aliphatic heterocycles. The van der Waals surface area contributed by atoms with Crippen LogP contribution >= 0.6 is 11.6 Å². The molecule has 0 aliphatic carbocycles. The van der Waals surface area contributed by atoms with Crippen molar-refractivity contribution in [2.75, 3.05) is 0 Å². The maximum atomic E-state index is 5.98. The van der Waals surface area contributed by atoms with Gasteiger partial charge in [-0.15, -0.1) is 0 Å². The van der Waals surface area contributed by atoms with E-state index < -0.39 is 0 Å². The number of fused-ring (bicyclic) bond motifs is 1. The quantitative estimate of drug-likeness (QED) is 0.663. The minimum absolute atomic E-state index is 0.603. The Hall–Kier alpha value is -2.06. The molecule has 88 valence electrons. The van der Waals surface area contributed by atoms with Crippen LogP contribution in [0.1, 0.15) is 0 Å². The maximum absolute atomic E-state index is 5.98. The monoisotopic (exact) mass is 255 g/mol. The van der Waals surface area contributed by atoms with Crippen LogP contribution in [0.5, 0.6) is 11.5 Å². The maximum Gasteiger partial charge on any atom is 0.136 e. The average molecular weight is 256 g/mol. The average Bonchev–Trinajstić information content (AvgIpc) is 2.41. The largest absolute Gasteiger partial charge is 0.457 e. The molecule has 0 saturated carbocycles. The Kier molecular flexibility index (Phi) is 2.87. The van der Waals surface area contributed by atoms with E-state index in [1.165, 1.54) is 0 Å². The number of nitrogens with zero attached hydrogens (tertiary/aromatic N) is 1. The van der Waals surface area contributed by atoms with Crippen LogP contribution < -0.4 is 4.74 Å². The van der Waals surface area contributed by atoms with Gasteiger partial charge in [-0.3, -0.25) is 4.98 Å². The number of hydrogen-bond acceptors (Lipinski definition) is 2. The van der Waals surface area contributed by atoms with E-state index in [2.05, 4.69) is 4.98 Å². The first-order valence-corrected chi connectivity index (χ1v) is 5.98. The van der Waals surface area contributed by atoms with Crippen LogP contribution in [0.15, 0.2) is 60.8 Å². The molecule has 2 nitrogen and oxygen atoms in total. The predicted molar refractivity (Wildman–Crippen MR) is 73.3 cm³/mol. The second kappa shape index (κ2) is 4.67. The van der Waals surface area contributed by atoms with Gasteiger partial charge in [-0.05, 0) is 30.3 Å². The zero-order chi connectivity index (χ0) is 12.4. The van der Waals surface area contributed by atoms with Crippen LogP contribution in [0.2, 0.25) is 5.02 Å². The van der Waals surface area contributed by atoms with Crippen LogP contribution in [0.4, 0.5) is 0 Å². The summed E-state index contributed by atoms with van der Waals surface area (Å²) in [5, 5.41) is 1.51.